The van der Waals surface area contributed by atoms with Gasteiger partial charge in [-0.05, 0) is 42.9 Å². The zero-order valence-electron chi connectivity index (χ0n) is 17.4. The number of nitrogens with two attached hydrogens (primary N) is 1. The third-order valence-corrected chi connectivity index (χ3v) is 2.43. The van der Waals surface area contributed by atoms with Crippen molar-refractivity contribution in [3.63, 3.8) is 0 Å². The fourth-order valence-electron chi connectivity index (χ4n) is 1.29. The smallest absolute Gasteiger partial charge is 0.179 e. The number of hydrogen-bond acceptors (Lipinski definition) is 2. The van der Waals surface area contributed by atoms with Crippen molar-refractivity contribution in [3.8, 4) is 0 Å². The van der Waals surface area contributed by atoms with Gasteiger partial charge in [0.25, 0.3) is 0 Å². The fourth-order valence-corrected chi connectivity index (χ4v) is 1.63. The lowest BCUT2D eigenvalue weighted by molar-refractivity contribution is -0.120. The molecule has 2 N–H and O–H groups in total. The molecular formula is C13H14ClNO. The van der Waals surface area contributed by atoms with Gasteiger partial charge in [-0.1, -0.05) is 29.7 Å². The quantitative estimate of drug-likeness (QED) is 0.826. The highest BCUT2D eigenvalue weighted by molar-refractivity contribution is 6.32. The van der Waals surface area contributed by atoms with Gasteiger partial charge in [0.1, 0.15) is 5.54 Å². The molecule has 0 heterocycles. The van der Waals surface area contributed by atoms with Crippen LogP contribution in [0.5, 0.6) is 0 Å². The van der Waals surface area contributed by atoms with Crippen LogP contribution in [0, 0.1) is 6.92 Å². The van der Waals surface area contributed by atoms with Gasteiger partial charge in [0.05, 0.1) is 6.85 Å². The van der Waals surface area contributed by atoms with E-state index in [4.69, 9.17) is 29.7 Å². The maximum absolute atomic E-state index is 12.6. The molecule has 1 atom stereocenters. The first-order chi connectivity index (χ1) is 11.2. The third kappa shape index (κ3) is 1.79. The van der Waals surface area contributed by atoms with Gasteiger partial charge in [0.15, 0.2) is 5.78 Å². The topological polar surface area (TPSA) is 43.1 Å². The molecule has 1 aliphatic rings. The number of halogens is 1. The highest BCUT2D eigenvalue weighted by atomic mass is 35.5. The van der Waals surface area contributed by atoms with Crippen LogP contribution in [0.2, 0.25) is 5.02 Å². The third-order valence-electron chi connectivity index (χ3n) is 2.14. The summed E-state index contributed by atoms with van der Waals surface area (Å²) in [7, 11) is 0. The summed E-state index contributed by atoms with van der Waals surface area (Å²) in [6, 6.07) is -3.99. The summed E-state index contributed by atoms with van der Waals surface area (Å²) in [5, 5.41) is -0.560. The Morgan fingerprint density at radius 1 is 1.62 bits per heavy atom. The van der Waals surface area contributed by atoms with Crippen molar-refractivity contribution >= 4 is 17.4 Å². The monoisotopic (exact) mass is 244 g/mol. The highest BCUT2D eigenvalue weighted by Crippen LogP contribution is 2.33. The summed E-state index contributed by atoms with van der Waals surface area (Å²) >= 11 is 6.03. The van der Waals surface area contributed by atoms with Crippen molar-refractivity contribution in [2.75, 3.05) is 0 Å². The van der Waals surface area contributed by atoms with E-state index in [9.17, 15) is 4.79 Å². The molecule has 3 heteroatoms. The molecule has 1 aliphatic carbocycles. The molecule has 0 amide bonds. The summed E-state index contributed by atoms with van der Waals surface area (Å²) in [5.74, 6) is -1.43. The van der Waals surface area contributed by atoms with Crippen molar-refractivity contribution in [1.29, 1.82) is 0 Å². The number of allylic oxidation sites excluding steroid dienone is 1. The van der Waals surface area contributed by atoms with E-state index in [1.54, 1.807) is 0 Å². The number of rotatable bonds is 1. The first-order valence-electron chi connectivity index (χ1n) is 8.93. The van der Waals surface area contributed by atoms with Gasteiger partial charge >= 0.3 is 0 Å². The van der Waals surface area contributed by atoms with Crippen molar-refractivity contribution in [2.45, 2.75) is 25.2 Å². The molecule has 1 aromatic rings. The Kier molecular flexibility index (Phi) is 1.17. The lowest BCUT2D eigenvalue weighted by atomic mass is 9.79. The van der Waals surface area contributed by atoms with Crippen LogP contribution in [0.15, 0.2) is 30.2 Å². The standard InChI is InChI=1S/C13H14ClNO/c1-9-5-6-10(11(14)8-9)13(15)7-3-2-4-12(13)16/h2,4-6,8H,3,7,15H2,1H3/i2D,3D2,4D,5D,6D,7D2,8D. The van der Waals surface area contributed by atoms with E-state index in [2.05, 4.69) is 0 Å². The summed E-state index contributed by atoms with van der Waals surface area (Å²) in [6.45, 7) is 1.34. The molecule has 0 radical (unpaired) electrons. The maximum atomic E-state index is 12.6. The van der Waals surface area contributed by atoms with Crippen LogP contribution >= 0.6 is 11.6 Å². The van der Waals surface area contributed by atoms with Crippen molar-refractivity contribution < 1.29 is 17.1 Å². The molecule has 84 valence electrons. The normalized spacial score (nSPS) is 40.4. The SMILES string of the molecule is [2H]C1=C([2H])C([2H])([2H])C([2H])([2H])C(N)(c2c([2H])c([2H])c(C)c([2H])c2Cl)C1=O. The van der Waals surface area contributed by atoms with Crippen LogP contribution in [0.3, 0.4) is 0 Å². The molecule has 0 aliphatic heterocycles. The Morgan fingerprint density at radius 2 is 2.38 bits per heavy atom. The Morgan fingerprint density at radius 3 is 3.12 bits per heavy atom. The molecule has 0 spiro atoms. The van der Waals surface area contributed by atoms with Crippen LogP contribution in [0.25, 0.3) is 0 Å². The van der Waals surface area contributed by atoms with Crippen LogP contribution in [-0.2, 0) is 10.3 Å². The number of benzene rings is 1. The van der Waals surface area contributed by atoms with E-state index in [0.29, 0.717) is 0 Å². The highest BCUT2D eigenvalue weighted by Gasteiger charge is 2.36. The van der Waals surface area contributed by atoms with Crippen molar-refractivity contribution in [2.24, 2.45) is 5.73 Å². The number of ketones is 1. The molecule has 0 bridgehead atoms. The van der Waals surface area contributed by atoms with Gasteiger partial charge in [0.2, 0.25) is 0 Å². The molecule has 16 heavy (non-hydrogen) atoms. The van der Waals surface area contributed by atoms with E-state index in [-0.39, 0.29) is 5.56 Å². The molecule has 2 nitrogen and oxygen atoms in total. The van der Waals surface area contributed by atoms with Crippen LogP contribution < -0.4 is 5.73 Å². The molecule has 1 unspecified atom stereocenters. The minimum atomic E-state index is -3.26. The van der Waals surface area contributed by atoms with Crippen LogP contribution in [0.1, 0.15) is 36.2 Å². The second-order valence-corrected chi connectivity index (χ2v) is 3.70. The lowest BCUT2D eigenvalue weighted by Crippen LogP contribution is -2.45. The van der Waals surface area contributed by atoms with E-state index >= 15 is 0 Å². The van der Waals surface area contributed by atoms with E-state index in [1.165, 1.54) is 6.92 Å². The Bertz CT molecular complexity index is 806. The second kappa shape index (κ2) is 4.04. The van der Waals surface area contributed by atoms with Gasteiger partial charge in [0, 0.05) is 10.5 Å². The Labute approximate surface area is 113 Å². The largest absolute Gasteiger partial charge is 0.315 e. The minimum Gasteiger partial charge on any atom is -0.315 e. The van der Waals surface area contributed by atoms with Gasteiger partial charge < -0.3 is 5.73 Å². The number of hydrogen-bond donors (Lipinski definition) is 1. The molecule has 1 aromatic carbocycles. The van der Waals surface area contributed by atoms with Crippen LogP contribution in [0.4, 0.5) is 0 Å². The van der Waals surface area contributed by atoms with Gasteiger partial charge in [-0.3, -0.25) is 4.79 Å². The summed E-state index contributed by atoms with van der Waals surface area (Å²) in [4.78, 5) is 12.6. The maximum Gasteiger partial charge on any atom is 0.179 e. The van der Waals surface area contributed by atoms with Crippen LogP contribution in [-0.4, -0.2) is 5.78 Å². The zero-order valence-corrected chi connectivity index (χ0v) is 9.12. The van der Waals surface area contributed by atoms with E-state index in [1.807, 2.05) is 0 Å². The minimum absolute atomic E-state index is 0.0111. The second-order valence-electron chi connectivity index (χ2n) is 3.33. The average Bonchev–Trinajstić information content (AvgIpc) is 2.54. The average molecular weight is 245 g/mol. The fraction of sp³-hybridized carbons (Fsp3) is 0.308. The van der Waals surface area contributed by atoms with Gasteiger partial charge in [-0.25, -0.2) is 0 Å². The van der Waals surface area contributed by atoms with E-state index < -0.39 is 64.9 Å². The summed E-state index contributed by atoms with van der Waals surface area (Å²) < 4.78 is 71.0. The predicted octanol–water partition coefficient (Wildman–Crippen LogP) is 2.72. The number of carbonyl (C=O) groups is 1. The number of carbonyl (C=O) groups excluding carboxylic acids is 1. The van der Waals surface area contributed by atoms with Crippen molar-refractivity contribution in [3.05, 3.63) is 46.4 Å². The van der Waals surface area contributed by atoms with Crippen molar-refractivity contribution in [1.82, 2.24) is 0 Å². The first kappa shape index (κ1) is 4.63. The zero-order chi connectivity index (χ0) is 19.7. The predicted molar refractivity (Wildman–Crippen MR) is 65.4 cm³/mol. The molecule has 2 rings (SSSR count). The Hall–Kier alpha value is -1.12. The van der Waals surface area contributed by atoms with Gasteiger partial charge in [-0.15, -0.1) is 0 Å². The summed E-state index contributed by atoms with van der Waals surface area (Å²) in [6.07, 6.45) is -6.38. The molecule has 0 aromatic heterocycles. The lowest BCUT2D eigenvalue weighted by Gasteiger charge is -2.30. The molecular weight excluding hydrogens is 222 g/mol. The van der Waals surface area contributed by atoms with Gasteiger partial charge in [-0.2, -0.15) is 0 Å². The molecule has 0 saturated heterocycles. The molecule has 0 fully saturated rings. The molecule has 0 saturated carbocycles. The summed E-state index contributed by atoms with van der Waals surface area (Å²) in [5.41, 5.74) is 2.29. The van der Waals surface area contributed by atoms with E-state index in [0.717, 1.165) is 0 Å². The Balaban J connectivity index is 3.04. The first-order valence-corrected chi connectivity index (χ1v) is 4.81.